The van der Waals surface area contributed by atoms with Gasteiger partial charge in [-0.25, -0.2) is 0 Å². The molecule has 2 fully saturated rings. The summed E-state index contributed by atoms with van der Waals surface area (Å²) in [5.74, 6) is -0.433. The molecule has 4 rings (SSSR count). The Morgan fingerprint density at radius 1 is 0.759 bits per heavy atom. The average Bonchev–Trinajstić information content (AvgIpc) is 3.38. The summed E-state index contributed by atoms with van der Waals surface area (Å²) in [6.07, 6.45) is 4.61. The number of carbonyl (C=O) groups is 4. The van der Waals surface area contributed by atoms with Gasteiger partial charge in [-0.2, -0.15) is 0 Å². The number of rotatable bonds is 5. The van der Waals surface area contributed by atoms with Gasteiger partial charge in [-0.3, -0.25) is 29.0 Å². The Morgan fingerprint density at radius 3 is 1.90 bits per heavy atom. The van der Waals surface area contributed by atoms with Gasteiger partial charge in [-0.1, -0.05) is 30.3 Å². The number of imide groups is 2. The Hall–Kier alpha value is -3.04. The zero-order valence-electron chi connectivity index (χ0n) is 14.9. The number of hydrogen-bond donors (Lipinski definition) is 0. The van der Waals surface area contributed by atoms with E-state index in [1.807, 2.05) is 30.3 Å². The van der Waals surface area contributed by atoms with Crippen molar-refractivity contribution in [2.75, 3.05) is 13.1 Å². The second kappa shape index (κ2) is 8.14. The summed E-state index contributed by atoms with van der Waals surface area (Å²) in [6.45, 7) is -0.111. The minimum absolute atomic E-state index is 0.0527. The lowest BCUT2D eigenvalue weighted by atomic mass is 10.2. The number of furan rings is 1. The van der Waals surface area contributed by atoms with Gasteiger partial charge in [0, 0.05) is 19.2 Å². The predicted molar refractivity (Wildman–Crippen MR) is 111 cm³/mol. The van der Waals surface area contributed by atoms with Gasteiger partial charge in [0.2, 0.25) is 0 Å². The Balaban J connectivity index is 1.43. The fraction of sp³-hybridized carbons (Fsp3) is 0.100. The van der Waals surface area contributed by atoms with E-state index in [-0.39, 0.29) is 18.0 Å². The van der Waals surface area contributed by atoms with Gasteiger partial charge < -0.3 is 4.42 Å². The quantitative estimate of drug-likeness (QED) is 0.667. The van der Waals surface area contributed by atoms with Crippen molar-refractivity contribution < 1.29 is 23.6 Å². The summed E-state index contributed by atoms with van der Waals surface area (Å²) in [7, 11) is 0. The van der Waals surface area contributed by atoms with Crippen LogP contribution < -0.4 is 0 Å². The predicted octanol–water partition coefficient (Wildman–Crippen LogP) is 4.05. The molecule has 146 valence electrons. The molecule has 9 heteroatoms. The number of nitrogens with zero attached hydrogens (tertiary/aromatic N) is 2. The lowest BCUT2D eigenvalue weighted by molar-refractivity contribution is -0.125. The van der Waals surface area contributed by atoms with Gasteiger partial charge in [0.05, 0.1) is 16.1 Å². The van der Waals surface area contributed by atoms with Crippen molar-refractivity contribution in [3.05, 3.63) is 69.9 Å². The first kappa shape index (κ1) is 19.3. The fourth-order valence-corrected chi connectivity index (χ4v) is 4.50. The van der Waals surface area contributed by atoms with Crippen molar-refractivity contribution in [3.63, 3.8) is 0 Å². The smallest absolute Gasteiger partial charge is 0.293 e. The summed E-state index contributed by atoms with van der Waals surface area (Å²) in [4.78, 5) is 52.1. The number of amides is 4. The molecule has 2 aliphatic heterocycles. The van der Waals surface area contributed by atoms with Gasteiger partial charge in [0.15, 0.2) is 0 Å². The van der Waals surface area contributed by atoms with Gasteiger partial charge in [0.1, 0.15) is 5.76 Å². The molecule has 2 aromatic rings. The van der Waals surface area contributed by atoms with Crippen molar-refractivity contribution >= 4 is 58.0 Å². The van der Waals surface area contributed by atoms with Crippen LogP contribution in [0.5, 0.6) is 0 Å². The van der Waals surface area contributed by atoms with Crippen molar-refractivity contribution in [1.82, 2.24) is 9.80 Å². The summed E-state index contributed by atoms with van der Waals surface area (Å²) in [5.41, 5.74) is 0.812. The van der Waals surface area contributed by atoms with E-state index in [0.717, 1.165) is 38.9 Å². The number of benzene rings is 1. The third-order valence-corrected chi connectivity index (χ3v) is 6.02. The van der Waals surface area contributed by atoms with Gasteiger partial charge in [-0.05, 0) is 47.3 Å². The maximum atomic E-state index is 12.6. The van der Waals surface area contributed by atoms with Crippen molar-refractivity contribution in [2.24, 2.45) is 0 Å². The summed E-state index contributed by atoms with van der Waals surface area (Å²) in [5, 5.41) is -0.866. The van der Waals surface area contributed by atoms with Crippen LogP contribution in [0.1, 0.15) is 11.3 Å². The fourth-order valence-electron chi connectivity index (χ4n) is 2.79. The first-order valence-corrected chi connectivity index (χ1v) is 10.3. The number of carbonyl (C=O) groups excluding carboxylic acids is 4. The normalized spacial score (nSPS) is 20.0. The Kier molecular flexibility index (Phi) is 5.41. The molecule has 0 spiro atoms. The lowest BCUT2D eigenvalue weighted by Gasteiger charge is -2.17. The van der Waals surface area contributed by atoms with E-state index < -0.39 is 22.3 Å². The van der Waals surface area contributed by atoms with Crippen molar-refractivity contribution in [1.29, 1.82) is 0 Å². The molecule has 0 atom stereocenters. The Bertz CT molecular complexity index is 1040. The molecule has 0 saturated carbocycles. The van der Waals surface area contributed by atoms with Crippen LogP contribution in [0.15, 0.2) is 63.0 Å². The average molecular weight is 426 g/mol. The van der Waals surface area contributed by atoms with E-state index in [2.05, 4.69) is 0 Å². The monoisotopic (exact) mass is 426 g/mol. The van der Waals surface area contributed by atoms with Crippen LogP contribution in [0.2, 0.25) is 0 Å². The van der Waals surface area contributed by atoms with Gasteiger partial charge in [0.25, 0.3) is 22.3 Å². The van der Waals surface area contributed by atoms with E-state index in [1.165, 1.54) is 12.3 Å². The second-order valence-corrected chi connectivity index (χ2v) is 8.08. The first-order valence-electron chi connectivity index (χ1n) is 8.62. The van der Waals surface area contributed by atoms with E-state index in [0.29, 0.717) is 10.7 Å². The molecule has 2 saturated heterocycles. The van der Waals surface area contributed by atoms with Gasteiger partial charge in [-0.15, -0.1) is 0 Å². The molecule has 29 heavy (non-hydrogen) atoms. The zero-order valence-corrected chi connectivity index (χ0v) is 16.6. The van der Waals surface area contributed by atoms with E-state index in [4.69, 9.17) is 4.42 Å². The molecule has 0 N–H and O–H groups in total. The molecule has 0 aliphatic carbocycles. The largest absolute Gasteiger partial charge is 0.465 e. The third-order valence-electron chi connectivity index (χ3n) is 4.21. The molecule has 4 amide bonds. The molecule has 1 aromatic carbocycles. The molecule has 0 radical (unpaired) electrons. The zero-order chi connectivity index (χ0) is 20.4. The van der Waals surface area contributed by atoms with Crippen molar-refractivity contribution in [2.45, 2.75) is 0 Å². The summed E-state index contributed by atoms with van der Waals surface area (Å²) in [6, 6.07) is 12.6. The van der Waals surface area contributed by atoms with E-state index in [1.54, 1.807) is 18.2 Å². The molecule has 0 unspecified atom stereocenters. The molecule has 2 aliphatic rings. The van der Waals surface area contributed by atoms with Gasteiger partial charge >= 0.3 is 0 Å². The SMILES string of the molecule is O=C1S/C(=C\c2ccccc2)C(=O)N1CCN1C(=O)S/C(=C\c2ccco2)C1=O. The van der Waals surface area contributed by atoms with Crippen LogP contribution in [-0.2, 0) is 9.59 Å². The molecule has 0 bridgehead atoms. The topological polar surface area (TPSA) is 87.9 Å². The molecule has 3 heterocycles. The van der Waals surface area contributed by atoms with Crippen LogP contribution in [0.3, 0.4) is 0 Å². The molecular weight excluding hydrogens is 412 g/mol. The second-order valence-electron chi connectivity index (χ2n) is 6.09. The van der Waals surface area contributed by atoms with E-state index >= 15 is 0 Å². The molecule has 1 aromatic heterocycles. The van der Waals surface area contributed by atoms with Crippen LogP contribution >= 0.6 is 23.5 Å². The highest BCUT2D eigenvalue weighted by atomic mass is 32.2. The Labute approximate surface area is 174 Å². The molecular formula is C20H14N2O5S2. The number of hydrogen-bond acceptors (Lipinski definition) is 7. The first-order chi connectivity index (χ1) is 14.0. The number of thioether (sulfide) groups is 2. The maximum Gasteiger partial charge on any atom is 0.293 e. The molecule has 7 nitrogen and oxygen atoms in total. The Morgan fingerprint density at radius 2 is 1.34 bits per heavy atom. The minimum atomic E-state index is -0.469. The highest BCUT2D eigenvalue weighted by Crippen LogP contribution is 2.34. The van der Waals surface area contributed by atoms with Crippen molar-refractivity contribution in [3.8, 4) is 0 Å². The summed E-state index contributed by atoms with van der Waals surface area (Å²) >= 11 is 1.65. The third kappa shape index (κ3) is 4.06. The minimum Gasteiger partial charge on any atom is -0.465 e. The lowest BCUT2D eigenvalue weighted by Crippen LogP contribution is -2.39. The van der Waals surface area contributed by atoms with Crippen LogP contribution in [0.25, 0.3) is 12.2 Å². The summed E-state index contributed by atoms with van der Waals surface area (Å²) < 4.78 is 5.17. The highest BCUT2D eigenvalue weighted by molar-refractivity contribution is 8.18. The maximum absolute atomic E-state index is 12.6. The van der Waals surface area contributed by atoms with E-state index in [9.17, 15) is 19.2 Å². The van der Waals surface area contributed by atoms with Crippen LogP contribution in [-0.4, -0.2) is 45.2 Å². The standard InChI is InChI=1S/C20H14N2O5S2/c23-17-15(11-13-5-2-1-3-6-13)28-19(25)21(17)8-9-22-18(24)16(29-20(22)26)12-14-7-4-10-27-14/h1-7,10-12H,8-9H2/b15-11-,16-12-. The highest BCUT2D eigenvalue weighted by Gasteiger charge is 2.39. The van der Waals surface area contributed by atoms with Crippen LogP contribution in [0, 0.1) is 0 Å². The van der Waals surface area contributed by atoms with Crippen LogP contribution in [0.4, 0.5) is 9.59 Å².